The Morgan fingerprint density at radius 2 is 2.25 bits per heavy atom. The van der Waals surface area contributed by atoms with E-state index in [9.17, 15) is 9.59 Å². The summed E-state index contributed by atoms with van der Waals surface area (Å²) in [7, 11) is 0. The van der Waals surface area contributed by atoms with Gasteiger partial charge in [0.25, 0.3) is 5.91 Å². The van der Waals surface area contributed by atoms with Crippen LogP contribution in [0.25, 0.3) is 0 Å². The number of hydrogen-bond donors (Lipinski definition) is 2. The van der Waals surface area contributed by atoms with E-state index in [1.807, 2.05) is 0 Å². The van der Waals surface area contributed by atoms with Gasteiger partial charge in [-0.05, 0) is 13.8 Å². The average molecular weight is 221 g/mol. The summed E-state index contributed by atoms with van der Waals surface area (Å²) >= 11 is 0. The SMILES string of the molecule is CCOC(=O)/C(C#N)=C1/NC(=O)C=C(C)N1. The summed E-state index contributed by atoms with van der Waals surface area (Å²) in [6.07, 6.45) is 1.32. The van der Waals surface area contributed by atoms with Crippen molar-refractivity contribution < 1.29 is 14.3 Å². The molecule has 1 rings (SSSR count). The Balaban J connectivity index is 3.03. The number of esters is 1. The van der Waals surface area contributed by atoms with Gasteiger partial charge in [-0.1, -0.05) is 0 Å². The fourth-order valence-electron chi connectivity index (χ4n) is 1.15. The van der Waals surface area contributed by atoms with Gasteiger partial charge in [0, 0.05) is 11.8 Å². The van der Waals surface area contributed by atoms with Gasteiger partial charge >= 0.3 is 5.97 Å². The second-order valence-corrected chi connectivity index (χ2v) is 3.02. The van der Waals surface area contributed by atoms with Crippen LogP contribution in [-0.4, -0.2) is 18.5 Å². The number of hydrogen-bond acceptors (Lipinski definition) is 5. The van der Waals surface area contributed by atoms with Crippen molar-refractivity contribution in [1.82, 2.24) is 10.6 Å². The van der Waals surface area contributed by atoms with Crippen molar-refractivity contribution in [3.8, 4) is 6.07 Å². The highest BCUT2D eigenvalue weighted by Gasteiger charge is 2.20. The van der Waals surface area contributed by atoms with E-state index in [0.717, 1.165) is 0 Å². The summed E-state index contributed by atoms with van der Waals surface area (Å²) in [5, 5.41) is 13.9. The zero-order valence-electron chi connectivity index (χ0n) is 8.96. The Bertz CT molecular complexity index is 429. The van der Waals surface area contributed by atoms with Gasteiger partial charge in [0.05, 0.1) is 6.61 Å². The largest absolute Gasteiger partial charge is 0.462 e. The molecule has 0 unspecified atom stereocenters. The lowest BCUT2D eigenvalue weighted by Gasteiger charge is -2.17. The summed E-state index contributed by atoms with van der Waals surface area (Å²) in [6.45, 7) is 3.45. The molecule has 0 bridgehead atoms. The van der Waals surface area contributed by atoms with Crippen molar-refractivity contribution in [3.63, 3.8) is 0 Å². The predicted molar refractivity (Wildman–Crippen MR) is 54.3 cm³/mol. The number of rotatable bonds is 2. The first-order valence-corrected chi connectivity index (χ1v) is 4.66. The Kier molecular flexibility index (Phi) is 3.67. The van der Waals surface area contributed by atoms with E-state index < -0.39 is 5.97 Å². The van der Waals surface area contributed by atoms with Crippen LogP contribution in [-0.2, 0) is 14.3 Å². The molecule has 0 fully saturated rings. The maximum atomic E-state index is 11.4. The summed E-state index contributed by atoms with van der Waals surface area (Å²) in [6, 6.07) is 1.70. The Morgan fingerprint density at radius 3 is 2.75 bits per heavy atom. The smallest absolute Gasteiger partial charge is 0.352 e. The van der Waals surface area contributed by atoms with E-state index in [1.54, 1.807) is 19.9 Å². The molecule has 0 saturated carbocycles. The normalized spacial score (nSPS) is 17.6. The van der Waals surface area contributed by atoms with Crippen molar-refractivity contribution in [3.05, 3.63) is 23.2 Å². The molecule has 1 heterocycles. The summed E-state index contributed by atoms with van der Waals surface area (Å²) in [5.74, 6) is -1.09. The number of nitrogens with one attached hydrogen (secondary N) is 2. The molecule has 0 aromatic rings. The van der Waals surface area contributed by atoms with Crippen LogP contribution >= 0.6 is 0 Å². The lowest BCUT2D eigenvalue weighted by molar-refractivity contribution is -0.138. The minimum atomic E-state index is -0.762. The Hall–Kier alpha value is -2.29. The van der Waals surface area contributed by atoms with Gasteiger partial charge in [-0.3, -0.25) is 4.79 Å². The van der Waals surface area contributed by atoms with E-state index >= 15 is 0 Å². The minimum Gasteiger partial charge on any atom is -0.462 e. The Labute approximate surface area is 92.6 Å². The molecule has 2 N–H and O–H groups in total. The average Bonchev–Trinajstić information content (AvgIpc) is 2.17. The van der Waals surface area contributed by atoms with Crippen LogP contribution in [0.3, 0.4) is 0 Å². The summed E-state index contributed by atoms with van der Waals surface area (Å²) < 4.78 is 4.69. The first-order chi connectivity index (χ1) is 7.58. The third-order valence-corrected chi connectivity index (χ3v) is 1.76. The maximum Gasteiger partial charge on any atom is 0.352 e. The van der Waals surface area contributed by atoms with Crippen LogP contribution in [0.15, 0.2) is 23.2 Å². The first kappa shape index (κ1) is 11.8. The van der Waals surface area contributed by atoms with E-state index in [1.165, 1.54) is 6.08 Å². The van der Waals surface area contributed by atoms with E-state index in [2.05, 4.69) is 15.4 Å². The van der Waals surface area contributed by atoms with Crippen molar-refractivity contribution in [2.45, 2.75) is 13.8 Å². The van der Waals surface area contributed by atoms with E-state index in [0.29, 0.717) is 5.70 Å². The zero-order chi connectivity index (χ0) is 12.1. The number of nitrogens with zero attached hydrogens (tertiary/aromatic N) is 1. The maximum absolute atomic E-state index is 11.4. The molecule has 84 valence electrons. The number of carbonyl (C=O) groups excluding carboxylic acids is 2. The number of allylic oxidation sites excluding steroid dienone is 1. The molecule has 6 nitrogen and oxygen atoms in total. The highest BCUT2D eigenvalue weighted by Crippen LogP contribution is 2.07. The lowest BCUT2D eigenvalue weighted by atomic mass is 10.2. The molecule has 6 heteroatoms. The molecule has 0 aromatic carbocycles. The molecule has 16 heavy (non-hydrogen) atoms. The third kappa shape index (κ3) is 2.60. The second kappa shape index (κ2) is 4.98. The number of amides is 1. The minimum absolute atomic E-state index is 0.0611. The fraction of sp³-hybridized carbons (Fsp3) is 0.300. The quantitative estimate of drug-likeness (QED) is 0.386. The highest BCUT2D eigenvalue weighted by atomic mass is 16.5. The molecule has 0 saturated heterocycles. The molecule has 1 amide bonds. The van der Waals surface area contributed by atoms with Crippen LogP contribution in [0.2, 0.25) is 0 Å². The van der Waals surface area contributed by atoms with Crippen molar-refractivity contribution in [1.29, 1.82) is 5.26 Å². The standard InChI is InChI=1S/C10H11N3O3/c1-3-16-10(15)7(5-11)9-12-6(2)4-8(14)13-9/h4,12H,3H2,1-2H3,(H,13,14)/b9-7+. The van der Waals surface area contributed by atoms with Gasteiger partial charge in [-0.2, -0.15) is 5.26 Å². The summed E-state index contributed by atoms with van der Waals surface area (Å²) in [4.78, 5) is 22.5. The molecule has 1 aliphatic rings. The monoisotopic (exact) mass is 221 g/mol. The van der Waals surface area contributed by atoms with Crippen molar-refractivity contribution in [2.24, 2.45) is 0 Å². The lowest BCUT2D eigenvalue weighted by Crippen LogP contribution is -2.37. The van der Waals surface area contributed by atoms with Gasteiger partial charge in [0.15, 0.2) is 5.57 Å². The second-order valence-electron chi connectivity index (χ2n) is 3.02. The molecule has 0 spiro atoms. The molecule has 1 aliphatic heterocycles. The fourth-order valence-corrected chi connectivity index (χ4v) is 1.15. The summed E-state index contributed by atoms with van der Waals surface area (Å²) in [5.41, 5.74) is 0.304. The molecular formula is C10H11N3O3. The number of carbonyl (C=O) groups is 2. The van der Waals surface area contributed by atoms with E-state index in [-0.39, 0.29) is 23.9 Å². The molecular weight excluding hydrogens is 210 g/mol. The van der Waals surface area contributed by atoms with Crippen LogP contribution in [0, 0.1) is 11.3 Å². The third-order valence-electron chi connectivity index (χ3n) is 1.76. The number of ether oxygens (including phenoxy) is 1. The van der Waals surface area contributed by atoms with Crippen molar-refractivity contribution >= 4 is 11.9 Å². The van der Waals surface area contributed by atoms with Crippen LogP contribution in [0.5, 0.6) is 0 Å². The molecule has 0 aromatic heterocycles. The van der Waals surface area contributed by atoms with Crippen LogP contribution in [0.1, 0.15) is 13.8 Å². The molecule has 0 aliphatic carbocycles. The Morgan fingerprint density at radius 1 is 1.56 bits per heavy atom. The van der Waals surface area contributed by atoms with Gasteiger partial charge in [0.2, 0.25) is 0 Å². The highest BCUT2D eigenvalue weighted by molar-refractivity contribution is 5.97. The predicted octanol–water partition coefficient (Wildman–Crippen LogP) is -0.0921. The molecule has 0 atom stereocenters. The van der Waals surface area contributed by atoms with Crippen LogP contribution < -0.4 is 10.6 Å². The number of nitriles is 1. The van der Waals surface area contributed by atoms with Gasteiger partial charge in [0.1, 0.15) is 11.9 Å². The first-order valence-electron chi connectivity index (χ1n) is 4.66. The van der Waals surface area contributed by atoms with Crippen molar-refractivity contribution in [2.75, 3.05) is 6.61 Å². The zero-order valence-corrected chi connectivity index (χ0v) is 8.96. The topological polar surface area (TPSA) is 91.2 Å². The van der Waals surface area contributed by atoms with E-state index in [4.69, 9.17) is 5.26 Å². The molecule has 0 radical (unpaired) electrons. The van der Waals surface area contributed by atoms with Gasteiger partial charge < -0.3 is 15.4 Å². The van der Waals surface area contributed by atoms with Crippen LogP contribution in [0.4, 0.5) is 0 Å². The van der Waals surface area contributed by atoms with Gasteiger partial charge in [-0.15, -0.1) is 0 Å². The van der Waals surface area contributed by atoms with Gasteiger partial charge in [-0.25, -0.2) is 4.79 Å².